The number of aryl methyl sites for hydroxylation is 1. The molecule has 6 nitrogen and oxygen atoms in total. The molecule has 1 atom stereocenters. The predicted octanol–water partition coefficient (Wildman–Crippen LogP) is 5.28. The number of halogens is 2. The van der Waals surface area contributed by atoms with Gasteiger partial charge in [-0.05, 0) is 38.5 Å². The Hall–Kier alpha value is -2.70. The van der Waals surface area contributed by atoms with Gasteiger partial charge >= 0.3 is 12.0 Å². The molecule has 0 aliphatic carbocycles. The van der Waals surface area contributed by atoms with E-state index in [2.05, 4.69) is 5.32 Å². The zero-order valence-electron chi connectivity index (χ0n) is 17.6. The Morgan fingerprint density at radius 3 is 2.48 bits per heavy atom. The molecule has 1 heterocycles. The van der Waals surface area contributed by atoms with Crippen molar-refractivity contribution < 1.29 is 19.1 Å². The van der Waals surface area contributed by atoms with Crippen LogP contribution in [0.1, 0.15) is 31.0 Å². The number of nitrogens with zero attached hydrogens (tertiary/aromatic N) is 1. The van der Waals surface area contributed by atoms with Crippen molar-refractivity contribution in [3.8, 4) is 5.75 Å². The van der Waals surface area contributed by atoms with Gasteiger partial charge in [0.05, 0.1) is 28.9 Å². The molecule has 8 heteroatoms. The van der Waals surface area contributed by atoms with Crippen LogP contribution < -0.4 is 10.1 Å². The number of hydrogen-bond donors (Lipinski definition) is 1. The van der Waals surface area contributed by atoms with Crippen LogP contribution in [0.5, 0.6) is 5.75 Å². The summed E-state index contributed by atoms with van der Waals surface area (Å²) in [6, 6.07) is 11.5. The third-order valence-electron chi connectivity index (χ3n) is 4.92. The molecule has 0 unspecified atom stereocenters. The number of urea groups is 1. The van der Waals surface area contributed by atoms with Gasteiger partial charge in [-0.1, -0.05) is 53.0 Å². The van der Waals surface area contributed by atoms with E-state index in [9.17, 15) is 9.59 Å². The number of likely N-dealkylation sites (N-methyl/N-ethyl adjacent to an activating group) is 1. The van der Waals surface area contributed by atoms with E-state index in [1.54, 1.807) is 25.1 Å². The first-order valence-electron chi connectivity index (χ1n) is 9.98. The molecule has 0 saturated heterocycles. The molecule has 0 aromatic heterocycles. The lowest BCUT2D eigenvalue weighted by Gasteiger charge is -2.36. The van der Waals surface area contributed by atoms with Crippen molar-refractivity contribution in [2.75, 3.05) is 19.8 Å². The Labute approximate surface area is 191 Å². The molecule has 2 aromatic rings. The van der Waals surface area contributed by atoms with Gasteiger partial charge in [-0.3, -0.25) is 4.90 Å². The minimum atomic E-state index is -0.664. The third kappa shape index (κ3) is 5.14. The highest BCUT2D eigenvalue weighted by Gasteiger charge is 2.38. The van der Waals surface area contributed by atoms with Gasteiger partial charge in [0.1, 0.15) is 12.4 Å². The fourth-order valence-electron chi connectivity index (χ4n) is 3.39. The Kier molecular flexibility index (Phi) is 7.46. The summed E-state index contributed by atoms with van der Waals surface area (Å²) in [5, 5.41) is 3.76. The largest absolute Gasteiger partial charge is 0.486 e. The molecule has 2 amide bonds. The predicted molar refractivity (Wildman–Crippen MR) is 120 cm³/mol. The SMILES string of the molecule is CCOC(=O)C1=C(COc2cc(Cl)ccc2Cl)N(CC)C(=O)N[C@@H]1c1ccc(C)cc1. The highest BCUT2D eigenvalue weighted by atomic mass is 35.5. The molecule has 1 aliphatic rings. The van der Waals surface area contributed by atoms with Crippen LogP contribution in [0.15, 0.2) is 53.7 Å². The quantitative estimate of drug-likeness (QED) is 0.567. The first-order chi connectivity index (χ1) is 14.8. The average Bonchev–Trinajstić information content (AvgIpc) is 2.74. The van der Waals surface area contributed by atoms with E-state index >= 15 is 0 Å². The Morgan fingerprint density at radius 1 is 1.13 bits per heavy atom. The van der Waals surface area contributed by atoms with E-state index in [-0.39, 0.29) is 19.2 Å². The number of amides is 2. The highest BCUT2D eigenvalue weighted by Crippen LogP contribution is 2.33. The van der Waals surface area contributed by atoms with E-state index in [1.165, 1.54) is 4.90 Å². The van der Waals surface area contributed by atoms with Crippen LogP contribution in [-0.2, 0) is 9.53 Å². The number of hydrogen-bond acceptors (Lipinski definition) is 4. The average molecular weight is 463 g/mol. The minimum Gasteiger partial charge on any atom is -0.486 e. The summed E-state index contributed by atoms with van der Waals surface area (Å²) in [5.41, 5.74) is 2.59. The van der Waals surface area contributed by atoms with E-state index in [1.807, 2.05) is 38.1 Å². The molecule has 0 saturated carbocycles. The fourth-order valence-corrected chi connectivity index (χ4v) is 3.72. The molecular formula is C23H24Cl2N2O4. The summed E-state index contributed by atoms with van der Waals surface area (Å²) in [6.45, 7) is 6.02. The first-order valence-corrected chi connectivity index (χ1v) is 10.7. The molecule has 0 fully saturated rings. The number of carbonyl (C=O) groups is 2. The van der Waals surface area contributed by atoms with Crippen LogP contribution in [-0.4, -0.2) is 36.7 Å². The second-order valence-electron chi connectivity index (χ2n) is 6.98. The van der Waals surface area contributed by atoms with Crippen molar-refractivity contribution >= 4 is 35.2 Å². The van der Waals surface area contributed by atoms with Crippen LogP contribution in [0.3, 0.4) is 0 Å². The van der Waals surface area contributed by atoms with Crippen LogP contribution >= 0.6 is 23.2 Å². The fraction of sp³-hybridized carbons (Fsp3) is 0.304. The lowest BCUT2D eigenvalue weighted by atomic mass is 9.94. The van der Waals surface area contributed by atoms with Gasteiger partial charge in [-0.2, -0.15) is 0 Å². The van der Waals surface area contributed by atoms with Crippen molar-refractivity contribution in [3.05, 3.63) is 74.9 Å². The van der Waals surface area contributed by atoms with Crippen molar-refractivity contribution in [2.45, 2.75) is 26.8 Å². The number of esters is 1. The number of nitrogens with one attached hydrogen (secondary N) is 1. The molecule has 0 spiro atoms. The number of benzene rings is 2. The van der Waals surface area contributed by atoms with Crippen LogP contribution in [0.4, 0.5) is 4.79 Å². The van der Waals surface area contributed by atoms with Crippen molar-refractivity contribution in [2.24, 2.45) is 0 Å². The standard InChI is InChI=1S/C23H24Cl2N2O4/c1-4-27-18(13-31-19-12-16(24)10-11-17(19)25)20(22(28)30-5-2)21(26-23(27)29)15-8-6-14(3)7-9-15/h6-12,21H,4-5,13H2,1-3H3,(H,26,29)/t21-/m1/s1. The zero-order chi connectivity index (χ0) is 22.5. The van der Waals surface area contributed by atoms with E-state index in [0.29, 0.717) is 33.6 Å². The lowest BCUT2D eigenvalue weighted by molar-refractivity contribution is -0.139. The summed E-state index contributed by atoms with van der Waals surface area (Å²) in [7, 11) is 0. The summed E-state index contributed by atoms with van der Waals surface area (Å²) >= 11 is 12.3. The van der Waals surface area contributed by atoms with Crippen LogP contribution in [0.25, 0.3) is 0 Å². The number of rotatable bonds is 7. The van der Waals surface area contributed by atoms with E-state index in [0.717, 1.165) is 11.1 Å². The van der Waals surface area contributed by atoms with E-state index < -0.39 is 12.0 Å². The summed E-state index contributed by atoms with van der Waals surface area (Å²) < 4.78 is 11.2. The lowest BCUT2D eigenvalue weighted by Crippen LogP contribution is -2.49. The van der Waals surface area contributed by atoms with Crippen LogP contribution in [0.2, 0.25) is 10.0 Å². The topological polar surface area (TPSA) is 67.9 Å². The molecule has 0 radical (unpaired) electrons. The monoisotopic (exact) mass is 462 g/mol. The Balaban J connectivity index is 2.08. The molecule has 1 aliphatic heterocycles. The molecule has 2 aromatic carbocycles. The van der Waals surface area contributed by atoms with E-state index in [4.69, 9.17) is 32.7 Å². The van der Waals surface area contributed by atoms with Gasteiger partial charge in [-0.25, -0.2) is 9.59 Å². The Bertz CT molecular complexity index is 1010. The third-order valence-corrected chi connectivity index (χ3v) is 5.47. The van der Waals surface area contributed by atoms with Crippen molar-refractivity contribution in [1.29, 1.82) is 0 Å². The molecular weight excluding hydrogens is 439 g/mol. The second kappa shape index (κ2) is 10.1. The summed E-state index contributed by atoms with van der Waals surface area (Å²) in [6.07, 6.45) is 0. The molecule has 31 heavy (non-hydrogen) atoms. The molecule has 3 rings (SSSR count). The summed E-state index contributed by atoms with van der Waals surface area (Å²) in [5.74, 6) is -0.152. The maximum atomic E-state index is 13.0. The second-order valence-corrected chi connectivity index (χ2v) is 7.83. The van der Waals surface area contributed by atoms with Crippen molar-refractivity contribution in [1.82, 2.24) is 10.2 Å². The van der Waals surface area contributed by atoms with Gasteiger partial charge in [0.2, 0.25) is 0 Å². The maximum Gasteiger partial charge on any atom is 0.338 e. The number of carbonyl (C=O) groups excluding carboxylic acids is 2. The Morgan fingerprint density at radius 2 is 1.84 bits per heavy atom. The summed E-state index contributed by atoms with van der Waals surface area (Å²) in [4.78, 5) is 27.3. The molecule has 164 valence electrons. The molecule has 1 N–H and O–H groups in total. The number of ether oxygens (including phenoxy) is 2. The normalized spacial score (nSPS) is 16.2. The minimum absolute atomic E-state index is 0.0577. The first kappa shape index (κ1) is 23.0. The molecule has 0 bridgehead atoms. The van der Waals surface area contributed by atoms with Gasteiger partial charge in [0.25, 0.3) is 0 Å². The zero-order valence-corrected chi connectivity index (χ0v) is 19.1. The highest BCUT2D eigenvalue weighted by molar-refractivity contribution is 6.34. The van der Waals surface area contributed by atoms with Crippen molar-refractivity contribution in [3.63, 3.8) is 0 Å². The van der Waals surface area contributed by atoms with Gasteiger partial charge in [0.15, 0.2) is 0 Å². The maximum absolute atomic E-state index is 13.0. The van der Waals surface area contributed by atoms with Gasteiger partial charge in [0, 0.05) is 17.6 Å². The van der Waals surface area contributed by atoms with Crippen LogP contribution in [0, 0.1) is 6.92 Å². The van der Waals surface area contributed by atoms with Gasteiger partial charge < -0.3 is 14.8 Å². The van der Waals surface area contributed by atoms with Gasteiger partial charge in [-0.15, -0.1) is 0 Å². The smallest absolute Gasteiger partial charge is 0.338 e.